The maximum absolute atomic E-state index is 12.9. The summed E-state index contributed by atoms with van der Waals surface area (Å²) in [5.41, 5.74) is 0.947. The zero-order chi connectivity index (χ0) is 22.0. The summed E-state index contributed by atoms with van der Waals surface area (Å²) in [5, 5.41) is 0. The van der Waals surface area contributed by atoms with Crippen LogP contribution in [0.5, 0.6) is 23.0 Å². The number of ketones is 1. The van der Waals surface area contributed by atoms with E-state index in [4.69, 9.17) is 18.9 Å². The van der Waals surface area contributed by atoms with E-state index in [1.54, 1.807) is 24.1 Å². The van der Waals surface area contributed by atoms with E-state index in [-0.39, 0.29) is 24.7 Å². The summed E-state index contributed by atoms with van der Waals surface area (Å²) in [6.45, 7) is 2.98. The first kappa shape index (κ1) is 21.0. The Labute approximate surface area is 181 Å². The maximum atomic E-state index is 12.9. The second-order valence-electron chi connectivity index (χ2n) is 8.05. The molecule has 1 fully saturated rings. The molecule has 2 aromatic rings. The first-order valence-electron chi connectivity index (χ1n) is 10.4. The van der Waals surface area contributed by atoms with Gasteiger partial charge in [0.25, 0.3) is 5.91 Å². The quantitative estimate of drug-likeness (QED) is 0.731. The number of nitrogens with zero attached hydrogens (tertiary/aromatic N) is 1. The van der Waals surface area contributed by atoms with Crippen molar-refractivity contribution in [3.05, 3.63) is 47.5 Å². The highest BCUT2D eigenvalue weighted by Gasteiger charge is 2.45. The van der Waals surface area contributed by atoms with Crippen molar-refractivity contribution in [1.82, 2.24) is 4.90 Å². The lowest BCUT2D eigenvalue weighted by molar-refractivity contribution is -0.137. The SMILES string of the molecule is COc1ccc2c(c1OC)OC1(CCN(C(=O)COc3cccc(C)c3)CC1)CC2=O. The van der Waals surface area contributed by atoms with Gasteiger partial charge in [0, 0.05) is 25.9 Å². The van der Waals surface area contributed by atoms with E-state index in [1.807, 2.05) is 31.2 Å². The molecule has 7 nitrogen and oxygen atoms in total. The average molecular weight is 425 g/mol. The van der Waals surface area contributed by atoms with Crippen molar-refractivity contribution in [2.45, 2.75) is 31.8 Å². The standard InChI is InChI=1S/C24H27NO6/c1-16-5-4-6-17(13-16)30-15-21(27)25-11-9-24(10-12-25)14-19(26)18-7-8-20(28-2)23(29-3)22(18)31-24/h4-8,13H,9-12,14-15H2,1-3H3. The number of aryl methyl sites for hydroxylation is 1. The van der Waals surface area contributed by atoms with E-state index in [0.29, 0.717) is 54.5 Å². The fraction of sp³-hybridized carbons (Fsp3) is 0.417. The molecule has 0 bridgehead atoms. The van der Waals surface area contributed by atoms with Crippen LogP contribution in [0.25, 0.3) is 0 Å². The van der Waals surface area contributed by atoms with Gasteiger partial charge in [0.1, 0.15) is 11.4 Å². The molecule has 7 heteroatoms. The second-order valence-corrected chi connectivity index (χ2v) is 8.05. The number of amides is 1. The second kappa shape index (κ2) is 8.49. The minimum Gasteiger partial charge on any atom is -0.493 e. The van der Waals surface area contributed by atoms with Crippen molar-refractivity contribution in [2.75, 3.05) is 33.9 Å². The van der Waals surface area contributed by atoms with Crippen LogP contribution < -0.4 is 18.9 Å². The molecule has 2 heterocycles. The average Bonchev–Trinajstić information content (AvgIpc) is 2.77. The fourth-order valence-electron chi connectivity index (χ4n) is 4.24. The van der Waals surface area contributed by atoms with Gasteiger partial charge in [-0.15, -0.1) is 0 Å². The molecule has 2 aromatic carbocycles. The number of carbonyl (C=O) groups is 2. The Bertz CT molecular complexity index is 994. The molecule has 0 N–H and O–H groups in total. The summed E-state index contributed by atoms with van der Waals surface area (Å²) >= 11 is 0. The van der Waals surface area contributed by atoms with Crippen molar-refractivity contribution < 1.29 is 28.5 Å². The lowest BCUT2D eigenvalue weighted by Crippen LogP contribution is -2.53. The minimum absolute atomic E-state index is 0.00983. The number of Topliss-reactive ketones (excluding diaryl/α,β-unsaturated/α-hetero) is 1. The first-order chi connectivity index (χ1) is 14.9. The van der Waals surface area contributed by atoms with Crippen LogP contribution in [0.3, 0.4) is 0 Å². The molecule has 0 aromatic heterocycles. The smallest absolute Gasteiger partial charge is 0.260 e. The highest BCUT2D eigenvalue weighted by atomic mass is 16.5. The summed E-state index contributed by atoms with van der Waals surface area (Å²) < 4.78 is 22.8. The Morgan fingerprint density at radius 3 is 2.58 bits per heavy atom. The van der Waals surface area contributed by atoms with E-state index in [2.05, 4.69) is 0 Å². The fourth-order valence-corrected chi connectivity index (χ4v) is 4.24. The number of carbonyl (C=O) groups excluding carboxylic acids is 2. The predicted molar refractivity (Wildman–Crippen MR) is 114 cm³/mol. The number of hydrogen-bond donors (Lipinski definition) is 0. The highest BCUT2D eigenvalue weighted by molar-refractivity contribution is 6.01. The molecule has 0 saturated carbocycles. The van der Waals surface area contributed by atoms with Crippen molar-refractivity contribution in [3.63, 3.8) is 0 Å². The maximum Gasteiger partial charge on any atom is 0.260 e. The summed E-state index contributed by atoms with van der Waals surface area (Å²) in [4.78, 5) is 27.3. The lowest BCUT2D eigenvalue weighted by atomic mass is 9.82. The van der Waals surface area contributed by atoms with Gasteiger partial charge in [-0.25, -0.2) is 0 Å². The highest BCUT2D eigenvalue weighted by Crippen LogP contribution is 2.47. The molecule has 0 radical (unpaired) electrons. The predicted octanol–water partition coefficient (Wildman–Crippen LogP) is 3.42. The number of fused-ring (bicyclic) bond motifs is 1. The normalized spacial score (nSPS) is 17.0. The Kier molecular flexibility index (Phi) is 5.76. The third-order valence-corrected chi connectivity index (χ3v) is 5.98. The molecule has 1 amide bonds. The number of rotatable bonds is 5. The van der Waals surface area contributed by atoms with Crippen molar-refractivity contribution in [2.24, 2.45) is 0 Å². The Hall–Kier alpha value is -3.22. The van der Waals surface area contributed by atoms with Gasteiger partial charge in [-0.05, 0) is 36.8 Å². The van der Waals surface area contributed by atoms with Gasteiger partial charge >= 0.3 is 0 Å². The number of methoxy groups -OCH3 is 2. The van der Waals surface area contributed by atoms with Crippen LogP contribution in [0, 0.1) is 6.92 Å². The van der Waals surface area contributed by atoms with Gasteiger partial charge in [0.2, 0.25) is 5.75 Å². The van der Waals surface area contributed by atoms with Crippen LogP contribution in [0.1, 0.15) is 35.2 Å². The summed E-state index contributed by atoms with van der Waals surface area (Å²) in [6, 6.07) is 11.1. The Morgan fingerprint density at radius 1 is 1.13 bits per heavy atom. The molecule has 1 spiro atoms. The molecule has 164 valence electrons. The number of benzene rings is 2. The van der Waals surface area contributed by atoms with E-state index in [1.165, 1.54) is 7.11 Å². The summed E-state index contributed by atoms with van der Waals surface area (Å²) in [6.07, 6.45) is 1.42. The van der Waals surface area contributed by atoms with E-state index in [9.17, 15) is 9.59 Å². The van der Waals surface area contributed by atoms with Crippen LogP contribution >= 0.6 is 0 Å². The van der Waals surface area contributed by atoms with Crippen molar-refractivity contribution in [3.8, 4) is 23.0 Å². The largest absolute Gasteiger partial charge is 0.493 e. The summed E-state index contributed by atoms with van der Waals surface area (Å²) in [5.74, 6) is 2.01. The van der Waals surface area contributed by atoms with Gasteiger partial charge in [-0.2, -0.15) is 0 Å². The van der Waals surface area contributed by atoms with Gasteiger partial charge in [-0.3, -0.25) is 9.59 Å². The van der Waals surface area contributed by atoms with Crippen molar-refractivity contribution in [1.29, 1.82) is 0 Å². The van der Waals surface area contributed by atoms with E-state index >= 15 is 0 Å². The van der Waals surface area contributed by atoms with E-state index < -0.39 is 5.60 Å². The molecule has 2 aliphatic heterocycles. The van der Waals surface area contributed by atoms with Crippen LogP contribution in [-0.4, -0.2) is 56.1 Å². The lowest BCUT2D eigenvalue weighted by Gasteiger charge is -2.44. The number of piperidine rings is 1. The summed E-state index contributed by atoms with van der Waals surface area (Å²) in [7, 11) is 3.08. The third kappa shape index (κ3) is 4.17. The number of hydrogen-bond acceptors (Lipinski definition) is 6. The molecular formula is C24H27NO6. The topological polar surface area (TPSA) is 74.3 Å². The van der Waals surface area contributed by atoms with Crippen LogP contribution in [0.15, 0.2) is 36.4 Å². The molecule has 2 aliphatic rings. The molecule has 0 unspecified atom stereocenters. The van der Waals surface area contributed by atoms with Crippen molar-refractivity contribution >= 4 is 11.7 Å². The monoisotopic (exact) mass is 425 g/mol. The molecule has 1 saturated heterocycles. The van der Waals surface area contributed by atoms with Gasteiger partial charge in [-0.1, -0.05) is 12.1 Å². The third-order valence-electron chi connectivity index (χ3n) is 5.98. The van der Waals surface area contributed by atoms with E-state index in [0.717, 1.165) is 5.56 Å². The minimum atomic E-state index is -0.641. The van der Waals surface area contributed by atoms with Gasteiger partial charge in [0.05, 0.1) is 26.2 Å². The van der Waals surface area contributed by atoms with Gasteiger partial charge in [0.15, 0.2) is 23.9 Å². The first-order valence-corrected chi connectivity index (χ1v) is 10.4. The Balaban J connectivity index is 1.42. The Morgan fingerprint density at radius 2 is 1.90 bits per heavy atom. The molecule has 31 heavy (non-hydrogen) atoms. The molecule has 0 aliphatic carbocycles. The zero-order valence-electron chi connectivity index (χ0n) is 18.1. The van der Waals surface area contributed by atoms with Gasteiger partial charge < -0.3 is 23.8 Å². The molecule has 4 rings (SSSR count). The van der Waals surface area contributed by atoms with Crippen LogP contribution in [-0.2, 0) is 4.79 Å². The number of likely N-dealkylation sites (tertiary alicyclic amines) is 1. The van der Waals surface area contributed by atoms with Crippen LogP contribution in [0.4, 0.5) is 0 Å². The van der Waals surface area contributed by atoms with Crippen LogP contribution in [0.2, 0.25) is 0 Å². The number of ether oxygens (including phenoxy) is 4. The molecule has 0 atom stereocenters. The zero-order valence-corrected chi connectivity index (χ0v) is 18.1. The molecular weight excluding hydrogens is 398 g/mol.